The number of nitrogens with one attached hydrogen (secondary N) is 1. The Bertz CT molecular complexity index is 975. The van der Waals surface area contributed by atoms with Crippen molar-refractivity contribution in [3.8, 4) is 11.5 Å². The minimum atomic E-state index is -0.460. The summed E-state index contributed by atoms with van der Waals surface area (Å²) in [5.41, 5.74) is 1.49. The van der Waals surface area contributed by atoms with Gasteiger partial charge in [-0.15, -0.1) is 10.2 Å². The summed E-state index contributed by atoms with van der Waals surface area (Å²) < 4.78 is 23.7. The van der Waals surface area contributed by atoms with Crippen molar-refractivity contribution in [2.24, 2.45) is 0 Å². The van der Waals surface area contributed by atoms with Crippen LogP contribution in [0.25, 0.3) is 11.5 Å². The van der Waals surface area contributed by atoms with Gasteiger partial charge >= 0.3 is 5.97 Å². The van der Waals surface area contributed by atoms with E-state index in [9.17, 15) is 14.0 Å². The lowest BCUT2D eigenvalue weighted by Gasteiger charge is -2.05. The number of halogens is 1. The van der Waals surface area contributed by atoms with E-state index in [0.717, 1.165) is 17.3 Å². The summed E-state index contributed by atoms with van der Waals surface area (Å²) in [6, 6.07) is 12.8. The number of carbonyl (C=O) groups is 2. The molecular formula is C19H16FN3O4S. The number of rotatable bonds is 7. The quantitative estimate of drug-likeness (QED) is 0.480. The van der Waals surface area contributed by atoms with Gasteiger partial charge in [0.15, 0.2) is 0 Å². The van der Waals surface area contributed by atoms with Crippen molar-refractivity contribution in [3.05, 3.63) is 65.5 Å². The predicted octanol–water partition coefficient (Wildman–Crippen LogP) is 3.07. The van der Waals surface area contributed by atoms with Gasteiger partial charge in [-0.25, -0.2) is 9.18 Å². The molecule has 0 bridgehead atoms. The summed E-state index contributed by atoms with van der Waals surface area (Å²) in [4.78, 5) is 23.4. The molecule has 0 aliphatic carbocycles. The maximum absolute atomic E-state index is 13.7. The standard InChI is InChI=1S/C19H16FN3O4S/c1-26-18(25)13-8-6-12(7-9-13)10-21-16(24)11-28-19-23-22-17(27-19)14-4-2-3-5-15(14)20/h2-9H,10-11H2,1H3,(H,21,24). The Morgan fingerprint density at radius 1 is 1.14 bits per heavy atom. The molecule has 2 aromatic carbocycles. The molecule has 0 saturated carbocycles. The summed E-state index contributed by atoms with van der Waals surface area (Å²) >= 11 is 1.06. The second-order valence-corrected chi connectivity index (χ2v) is 6.53. The monoisotopic (exact) mass is 401 g/mol. The number of thioether (sulfide) groups is 1. The van der Waals surface area contributed by atoms with Crippen molar-refractivity contribution >= 4 is 23.6 Å². The van der Waals surface area contributed by atoms with Crippen molar-refractivity contribution in [2.45, 2.75) is 11.8 Å². The minimum absolute atomic E-state index is 0.0618. The SMILES string of the molecule is COC(=O)c1ccc(CNC(=O)CSc2nnc(-c3ccccc3F)o2)cc1. The van der Waals surface area contributed by atoms with Crippen LogP contribution in [0, 0.1) is 5.82 Å². The first kappa shape index (κ1) is 19.6. The number of ether oxygens (including phenoxy) is 1. The molecule has 3 rings (SSSR count). The van der Waals surface area contributed by atoms with Crippen molar-refractivity contribution < 1.29 is 23.1 Å². The maximum atomic E-state index is 13.7. The summed E-state index contributed by atoms with van der Waals surface area (Å²) in [6.07, 6.45) is 0. The first-order chi connectivity index (χ1) is 13.6. The fourth-order valence-corrected chi connectivity index (χ4v) is 2.86. The summed E-state index contributed by atoms with van der Waals surface area (Å²) in [7, 11) is 1.32. The van der Waals surface area contributed by atoms with Crippen LogP contribution in [0.5, 0.6) is 0 Å². The third kappa shape index (κ3) is 4.95. The fraction of sp³-hybridized carbons (Fsp3) is 0.158. The minimum Gasteiger partial charge on any atom is -0.465 e. The predicted molar refractivity (Wildman–Crippen MR) is 100 cm³/mol. The van der Waals surface area contributed by atoms with Crippen LogP contribution in [-0.4, -0.2) is 34.9 Å². The van der Waals surface area contributed by atoms with Gasteiger partial charge in [0.05, 0.1) is 24.0 Å². The number of hydrogen-bond acceptors (Lipinski definition) is 7. The second-order valence-electron chi connectivity index (χ2n) is 5.61. The van der Waals surface area contributed by atoms with Gasteiger partial charge in [-0.3, -0.25) is 4.79 Å². The van der Waals surface area contributed by atoms with E-state index < -0.39 is 11.8 Å². The van der Waals surface area contributed by atoms with Crippen molar-refractivity contribution in [3.63, 3.8) is 0 Å². The number of methoxy groups -OCH3 is 1. The molecule has 1 heterocycles. The van der Waals surface area contributed by atoms with Crippen LogP contribution in [0.15, 0.2) is 58.2 Å². The fourth-order valence-electron chi connectivity index (χ4n) is 2.27. The Balaban J connectivity index is 1.48. The number of aromatic nitrogens is 2. The van der Waals surface area contributed by atoms with Gasteiger partial charge < -0.3 is 14.5 Å². The van der Waals surface area contributed by atoms with Crippen molar-refractivity contribution in [1.82, 2.24) is 15.5 Å². The summed E-state index contributed by atoms with van der Waals surface area (Å²) in [6.45, 7) is 0.311. The summed E-state index contributed by atoms with van der Waals surface area (Å²) in [5.74, 6) is -0.974. The highest BCUT2D eigenvalue weighted by atomic mass is 32.2. The van der Waals surface area contributed by atoms with E-state index in [1.807, 2.05) is 0 Å². The van der Waals surface area contributed by atoms with E-state index in [0.29, 0.717) is 12.1 Å². The van der Waals surface area contributed by atoms with Crippen molar-refractivity contribution in [1.29, 1.82) is 0 Å². The first-order valence-electron chi connectivity index (χ1n) is 8.22. The van der Waals surface area contributed by atoms with Crippen LogP contribution in [0.1, 0.15) is 15.9 Å². The third-order valence-electron chi connectivity index (χ3n) is 3.70. The van der Waals surface area contributed by atoms with Crippen molar-refractivity contribution in [2.75, 3.05) is 12.9 Å². The molecule has 144 valence electrons. The van der Waals surface area contributed by atoms with Gasteiger partial charge in [0.2, 0.25) is 5.91 Å². The Kier molecular flexibility index (Phi) is 6.38. The van der Waals surface area contributed by atoms with E-state index in [1.165, 1.54) is 19.2 Å². The molecule has 28 heavy (non-hydrogen) atoms. The molecule has 0 unspecified atom stereocenters. The topological polar surface area (TPSA) is 94.3 Å². The van der Waals surface area contributed by atoms with Gasteiger partial charge in [0.25, 0.3) is 11.1 Å². The lowest BCUT2D eigenvalue weighted by molar-refractivity contribution is -0.118. The molecular weight excluding hydrogens is 385 g/mol. The molecule has 0 atom stereocenters. The van der Waals surface area contributed by atoms with Crippen LogP contribution >= 0.6 is 11.8 Å². The van der Waals surface area contributed by atoms with Gasteiger partial charge in [-0.1, -0.05) is 36.0 Å². The lowest BCUT2D eigenvalue weighted by Crippen LogP contribution is -2.24. The number of benzene rings is 2. The zero-order valence-electron chi connectivity index (χ0n) is 14.8. The largest absolute Gasteiger partial charge is 0.465 e. The number of esters is 1. The van der Waals surface area contributed by atoms with Crippen LogP contribution < -0.4 is 5.32 Å². The first-order valence-corrected chi connectivity index (χ1v) is 9.20. The average Bonchev–Trinajstić information content (AvgIpc) is 3.19. The Labute approximate surface area is 164 Å². The van der Waals surface area contributed by atoms with Crippen LogP contribution in [0.4, 0.5) is 4.39 Å². The lowest BCUT2D eigenvalue weighted by atomic mass is 10.1. The zero-order chi connectivity index (χ0) is 19.9. The normalized spacial score (nSPS) is 10.5. The van der Waals surface area contributed by atoms with Crippen LogP contribution in [0.2, 0.25) is 0 Å². The second kappa shape index (κ2) is 9.14. The summed E-state index contributed by atoms with van der Waals surface area (Å²) in [5, 5.41) is 10.5. The van der Waals surface area contributed by atoms with Gasteiger partial charge in [0.1, 0.15) is 5.82 Å². The molecule has 3 aromatic rings. The number of nitrogens with zero attached hydrogens (tertiary/aromatic N) is 2. The molecule has 0 fully saturated rings. The molecule has 9 heteroatoms. The molecule has 1 aromatic heterocycles. The van der Waals surface area contributed by atoms with E-state index >= 15 is 0 Å². The van der Waals surface area contributed by atoms with Gasteiger partial charge in [-0.2, -0.15) is 0 Å². The Hall–Kier alpha value is -3.20. The molecule has 7 nitrogen and oxygen atoms in total. The zero-order valence-corrected chi connectivity index (χ0v) is 15.7. The third-order valence-corrected chi connectivity index (χ3v) is 4.52. The average molecular weight is 401 g/mol. The van der Waals surface area contributed by atoms with E-state index in [1.54, 1.807) is 36.4 Å². The number of hydrogen-bond donors (Lipinski definition) is 1. The molecule has 0 saturated heterocycles. The number of carbonyl (C=O) groups excluding carboxylic acids is 2. The van der Waals surface area contributed by atoms with E-state index in [-0.39, 0.29) is 28.3 Å². The molecule has 0 spiro atoms. The van der Waals surface area contributed by atoms with E-state index in [4.69, 9.17) is 4.42 Å². The maximum Gasteiger partial charge on any atom is 0.337 e. The molecule has 1 N–H and O–H groups in total. The van der Waals surface area contributed by atoms with E-state index in [2.05, 4.69) is 20.3 Å². The van der Waals surface area contributed by atoms with Crippen LogP contribution in [-0.2, 0) is 16.1 Å². The smallest absolute Gasteiger partial charge is 0.337 e. The molecule has 0 aliphatic rings. The highest BCUT2D eigenvalue weighted by molar-refractivity contribution is 7.99. The highest BCUT2D eigenvalue weighted by Gasteiger charge is 2.14. The van der Waals surface area contributed by atoms with Gasteiger partial charge in [0, 0.05) is 6.54 Å². The molecule has 0 radical (unpaired) electrons. The number of amides is 1. The Morgan fingerprint density at radius 2 is 1.89 bits per heavy atom. The Morgan fingerprint density at radius 3 is 2.61 bits per heavy atom. The highest BCUT2D eigenvalue weighted by Crippen LogP contribution is 2.24. The molecule has 1 amide bonds. The van der Waals surface area contributed by atoms with Gasteiger partial charge in [-0.05, 0) is 29.8 Å². The van der Waals surface area contributed by atoms with Crippen LogP contribution in [0.3, 0.4) is 0 Å². The molecule has 0 aliphatic heterocycles.